The van der Waals surface area contributed by atoms with E-state index in [9.17, 15) is 9.59 Å². The summed E-state index contributed by atoms with van der Waals surface area (Å²) in [5.74, 6) is 0.229. The van der Waals surface area contributed by atoms with Gasteiger partial charge in [0.15, 0.2) is 5.16 Å². The van der Waals surface area contributed by atoms with E-state index in [1.807, 2.05) is 31.2 Å². The molecule has 2 aliphatic rings. The van der Waals surface area contributed by atoms with Crippen molar-refractivity contribution in [1.82, 2.24) is 9.97 Å². The number of carbonyl (C=O) groups is 1. The van der Waals surface area contributed by atoms with Crippen molar-refractivity contribution < 1.29 is 14.3 Å². The maximum absolute atomic E-state index is 13.1. The number of hydrogen-bond acceptors (Lipinski definition) is 8. The summed E-state index contributed by atoms with van der Waals surface area (Å²) >= 11 is 1.46. The second-order valence-electron chi connectivity index (χ2n) is 7.35. The number of ether oxygens (including phenoxy) is 2. The van der Waals surface area contributed by atoms with Crippen LogP contribution < -0.4 is 15.8 Å². The molecule has 164 valence electrons. The number of carbonyl (C=O) groups excluding carboxylic acids is 1. The molecular weight excluding hydrogens is 416 g/mol. The van der Waals surface area contributed by atoms with E-state index in [2.05, 4.69) is 20.2 Å². The molecule has 2 N–H and O–H groups in total. The van der Waals surface area contributed by atoms with Crippen molar-refractivity contribution in [3.63, 3.8) is 0 Å². The number of methoxy groups -OCH3 is 1. The summed E-state index contributed by atoms with van der Waals surface area (Å²) in [6, 6.07) is 7.98. The number of hydrogen-bond donors (Lipinski definition) is 2. The fourth-order valence-corrected chi connectivity index (χ4v) is 4.64. The molecule has 2 aromatic rings. The van der Waals surface area contributed by atoms with Gasteiger partial charge in [-0.05, 0) is 30.4 Å². The van der Waals surface area contributed by atoms with Crippen LogP contribution >= 0.6 is 11.8 Å². The molecule has 1 unspecified atom stereocenters. The molecule has 1 aromatic heterocycles. The van der Waals surface area contributed by atoms with Crippen LogP contribution in [0.2, 0.25) is 0 Å². The summed E-state index contributed by atoms with van der Waals surface area (Å²) in [5, 5.41) is 3.69. The molecule has 8 nitrogen and oxygen atoms in total. The number of aromatic nitrogens is 2. The summed E-state index contributed by atoms with van der Waals surface area (Å²) in [4.78, 5) is 35.5. The Bertz CT molecular complexity index is 1060. The number of nitrogens with zero attached hydrogens (tertiary/aromatic N) is 2. The summed E-state index contributed by atoms with van der Waals surface area (Å²) < 4.78 is 10.5. The van der Waals surface area contributed by atoms with Crippen LogP contribution in [-0.2, 0) is 14.3 Å². The van der Waals surface area contributed by atoms with Gasteiger partial charge in [0.1, 0.15) is 5.82 Å². The minimum atomic E-state index is -0.570. The van der Waals surface area contributed by atoms with Crippen LogP contribution in [0.4, 0.5) is 11.5 Å². The Morgan fingerprint density at radius 3 is 2.65 bits per heavy atom. The second-order valence-corrected chi connectivity index (χ2v) is 8.60. The summed E-state index contributed by atoms with van der Waals surface area (Å²) in [6.07, 6.45) is 0. The highest BCUT2D eigenvalue weighted by Crippen LogP contribution is 2.40. The number of esters is 1. The number of nitrogens with one attached hydrogen (secondary N) is 2. The highest BCUT2D eigenvalue weighted by Gasteiger charge is 2.36. The zero-order chi connectivity index (χ0) is 22.0. The lowest BCUT2D eigenvalue weighted by molar-refractivity contribution is -0.136. The average Bonchev–Trinajstić information content (AvgIpc) is 2.78. The molecule has 1 atom stereocenters. The fraction of sp³-hybridized carbons (Fsp3) is 0.409. The van der Waals surface area contributed by atoms with Crippen molar-refractivity contribution in [3.8, 4) is 0 Å². The summed E-state index contributed by atoms with van der Waals surface area (Å²) in [5.41, 5.74) is 3.13. The van der Waals surface area contributed by atoms with Gasteiger partial charge in [-0.15, -0.1) is 0 Å². The highest BCUT2D eigenvalue weighted by atomic mass is 32.2. The Kier molecular flexibility index (Phi) is 6.33. The first kappa shape index (κ1) is 21.5. The van der Waals surface area contributed by atoms with Crippen molar-refractivity contribution >= 4 is 29.2 Å². The van der Waals surface area contributed by atoms with E-state index in [1.54, 1.807) is 6.92 Å². The molecule has 1 saturated heterocycles. The maximum Gasteiger partial charge on any atom is 0.336 e. The first-order valence-electron chi connectivity index (χ1n) is 10.3. The van der Waals surface area contributed by atoms with Crippen molar-refractivity contribution in [1.29, 1.82) is 0 Å². The van der Waals surface area contributed by atoms with Crippen LogP contribution in [-0.4, -0.2) is 55.1 Å². The molecule has 31 heavy (non-hydrogen) atoms. The van der Waals surface area contributed by atoms with Gasteiger partial charge in [-0.1, -0.05) is 30.8 Å². The van der Waals surface area contributed by atoms with Crippen molar-refractivity contribution in [2.45, 2.75) is 24.9 Å². The first-order valence-corrected chi connectivity index (χ1v) is 11.3. The minimum absolute atomic E-state index is 0.260. The monoisotopic (exact) mass is 442 g/mol. The fourth-order valence-electron chi connectivity index (χ4n) is 4.05. The van der Waals surface area contributed by atoms with Crippen LogP contribution in [0, 0.1) is 0 Å². The number of aromatic amines is 1. The van der Waals surface area contributed by atoms with Crippen molar-refractivity contribution in [2.75, 3.05) is 49.4 Å². The Labute approximate surface area is 185 Å². The van der Waals surface area contributed by atoms with Gasteiger partial charge in [0.2, 0.25) is 0 Å². The molecule has 2 aliphatic heterocycles. The Hall–Kier alpha value is -2.78. The molecule has 0 bridgehead atoms. The number of fused-ring (bicyclic) bond motifs is 1. The van der Waals surface area contributed by atoms with E-state index in [0.717, 1.165) is 30.1 Å². The lowest BCUT2D eigenvalue weighted by Crippen LogP contribution is -2.36. The van der Waals surface area contributed by atoms with Crippen LogP contribution in [0.1, 0.15) is 30.9 Å². The third-order valence-electron chi connectivity index (χ3n) is 5.51. The zero-order valence-corrected chi connectivity index (χ0v) is 18.7. The standard InChI is InChI=1S/C22H26N4O4S/c1-4-31-22-24-19-18(20(27)25-22)17(16(13(2)23-19)21(28)29-3)14-5-7-15(8-6-14)26-9-11-30-12-10-26/h5-8,17H,4,9-12H2,1-3H3,(H2,23,24,25,27). The van der Waals surface area contributed by atoms with Gasteiger partial charge < -0.3 is 24.7 Å². The van der Waals surface area contributed by atoms with E-state index in [1.165, 1.54) is 18.9 Å². The molecule has 3 heterocycles. The summed E-state index contributed by atoms with van der Waals surface area (Å²) in [6.45, 7) is 6.89. The predicted octanol–water partition coefficient (Wildman–Crippen LogP) is 2.72. The van der Waals surface area contributed by atoms with Gasteiger partial charge in [0, 0.05) is 24.5 Å². The molecule has 1 aromatic carbocycles. The molecule has 0 aliphatic carbocycles. The molecule has 0 amide bonds. The highest BCUT2D eigenvalue weighted by molar-refractivity contribution is 7.99. The molecule has 0 radical (unpaired) electrons. The Balaban J connectivity index is 1.80. The third kappa shape index (κ3) is 4.20. The molecule has 0 saturated carbocycles. The largest absolute Gasteiger partial charge is 0.466 e. The maximum atomic E-state index is 13.1. The zero-order valence-electron chi connectivity index (χ0n) is 17.9. The second kappa shape index (κ2) is 9.15. The van der Waals surface area contributed by atoms with E-state index < -0.39 is 11.9 Å². The third-order valence-corrected chi connectivity index (χ3v) is 6.27. The number of allylic oxidation sites excluding steroid dienone is 1. The minimum Gasteiger partial charge on any atom is -0.466 e. The van der Waals surface area contributed by atoms with E-state index in [4.69, 9.17) is 9.47 Å². The number of rotatable bonds is 5. The van der Waals surface area contributed by atoms with E-state index in [-0.39, 0.29) is 5.56 Å². The molecule has 0 spiro atoms. The Morgan fingerprint density at radius 2 is 2.00 bits per heavy atom. The number of H-pyrrole nitrogens is 1. The lowest BCUT2D eigenvalue weighted by atomic mass is 9.82. The van der Waals surface area contributed by atoms with Gasteiger partial charge >= 0.3 is 5.97 Å². The van der Waals surface area contributed by atoms with Gasteiger partial charge in [0.05, 0.1) is 37.4 Å². The number of anilines is 2. The van der Waals surface area contributed by atoms with E-state index in [0.29, 0.717) is 41.0 Å². The SMILES string of the molecule is CCSc1nc2c(c(=O)[nH]1)C(c1ccc(N3CCOCC3)cc1)C(C(=O)OC)=C(C)N2. The van der Waals surface area contributed by atoms with Crippen molar-refractivity contribution in [3.05, 3.63) is 57.0 Å². The molecule has 1 fully saturated rings. The Morgan fingerprint density at radius 1 is 1.29 bits per heavy atom. The number of thioether (sulfide) groups is 1. The lowest BCUT2D eigenvalue weighted by Gasteiger charge is -2.30. The normalized spacial score (nSPS) is 18.4. The number of morpholine rings is 1. The summed E-state index contributed by atoms with van der Waals surface area (Å²) in [7, 11) is 1.35. The van der Waals surface area contributed by atoms with Crippen LogP contribution in [0.15, 0.2) is 45.5 Å². The first-order chi connectivity index (χ1) is 15.0. The van der Waals surface area contributed by atoms with Crippen molar-refractivity contribution in [2.24, 2.45) is 0 Å². The van der Waals surface area contributed by atoms with E-state index >= 15 is 0 Å². The van der Waals surface area contributed by atoms with Gasteiger partial charge in [-0.25, -0.2) is 9.78 Å². The molecule has 9 heteroatoms. The van der Waals surface area contributed by atoms with Crippen LogP contribution in [0.5, 0.6) is 0 Å². The van der Waals surface area contributed by atoms with Crippen LogP contribution in [0.3, 0.4) is 0 Å². The molecule has 4 rings (SSSR count). The van der Waals surface area contributed by atoms with Crippen LogP contribution in [0.25, 0.3) is 0 Å². The van der Waals surface area contributed by atoms with Gasteiger partial charge in [-0.2, -0.15) is 0 Å². The molecular formula is C22H26N4O4S. The quantitative estimate of drug-likeness (QED) is 0.415. The van der Waals surface area contributed by atoms with Gasteiger partial charge in [-0.3, -0.25) is 4.79 Å². The average molecular weight is 443 g/mol. The van der Waals surface area contributed by atoms with Gasteiger partial charge in [0.25, 0.3) is 5.56 Å². The predicted molar refractivity (Wildman–Crippen MR) is 121 cm³/mol. The smallest absolute Gasteiger partial charge is 0.336 e. The topological polar surface area (TPSA) is 96.5 Å². The number of benzene rings is 1.